The van der Waals surface area contributed by atoms with Crippen molar-refractivity contribution in [2.24, 2.45) is 11.8 Å². The Morgan fingerprint density at radius 2 is 1.63 bits per heavy atom. The molecule has 0 bridgehead atoms. The van der Waals surface area contributed by atoms with E-state index in [1.54, 1.807) is 34.6 Å². The minimum absolute atomic E-state index is 0.0267. The SMILES string of the molecule is CC(C)[C@@H](c1ccc(F)c(F)c1)[C@H](C)OC(=O)[C@H](C)CC(=O)OC(C)(C)C. The van der Waals surface area contributed by atoms with E-state index in [9.17, 15) is 18.4 Å². The lowest BCUT2D eigenvalue weighted by atomic mass is 9.84. The molecule has 1 rings (SSSR count). The number of halogens is 2. The largest absolute Gasteiger partial charge is 0.462 e. The number of esters is 2. The summed E-state index contributed by atoms with van der Waals surface area (Å²) in [5.74, 6) is -3.80. The molecule has 0 N–H and O–H groups in total. The predicted molar refractivity (Wildman–Crippen MR) is 99.1 cm³/mol. The van der Waals surface area contributed by atoms with Crippen LogP contribution in [0.25, 0.3) is 0 Å². The summed E-state index contributed by atoms with van der Waals surface area (Å²) in [5, 5.41) is 0. The van der Waals surface area contributed by atoms with E-state index in [-0.39, 0.29) is 18.3 Å². The first-order valence-electron chi connectivity index (χ1n) is 9.19. The Morgan fingerprint density at radius 3 is 2.11 bits per heavy atom. The fraction of sp³-hybridized carbons (Fsp3) is 0.619. The van der Waals surface area contributed by atoms with E-state index in [0.29, 0.717) is 5.56 Å². The van der Waals surface area contributed by atoms with Crippen molar-refractivity contribution in [2.75, 3.05) is 0 Å². The van der Waals surface area contributed by atoms with Crippen molar-refractivity contribution in [3.63, 3.8) is 0 Å². The van der Waals surface area contributed by atoms with Gasteiger partial charge in [0.15, 0.2) is 11.6 Å². The van der Waals surface area contributed by atoms with Crippen LogP contribution in [-0.4, -0.2) is 23.6 Å². The highest BCUT2D eigenvalue weighted by Gasteiger charge is 2.29. The van der Waals surface area contributed by atoms with E-state index in [2.05, 4.69) is 0 Å². The molecule has 0 heterocycles. The summed E-state index contributed by atoms with van der Waals surface area (Å²) in [6.07, 6.45) is -0.649. The lowest BCUT2D eigenvalue weighted by Crippen LogP contribution is -2.31. The molecule has 0 saturated heterocycles. The zero-order valence-corrected chi connectivity index (χ0v) is 17.1. The van der Waals surface area contributed by atoms with Gasteiger partial charge in [-0.3, -0.25) is 9.59 Å². The second-order valence-electron chi connectivity index (χ2n) is 8.28. The Morgan fingerprint density at radius 1 is 1.04 bits per heavy atom. The second kappa shape index (κ2) is 9.29. The Kier molecular flexibility index (Phi) is 7.93. The smallest absolute Gasteiger partial charge is 0.309 e. The van der Waals surface area contributed by atoms with Crippen molar-refractivity contribution in [1.82, 2.24) is 0 Å². The maximum atomic E-state index is 13.6. The molecule has 0 radical (unpaired) electrons. The van der Waals surface area contributed by atoms with Gasteiger partial charge in [-0.2, -0.15) is 0 Å². The normalized spacial score (nSPS) is 15.2. The highest BCUT2D eigenvalue weighted by molar-refractivity contribution is 5.79. The Hall–Kier alpha value is -1.98. The number of hydrogen-bond donors (Lipinski definition) is 0. The number of benzene rings is 1. The van der Waals surface area contributed by atoms with Gasteiger partial charge in [0.1, 0.15) is 11.7 Å². The molecule has 27 heavy (non-hydrogen) atoms. The maximum absolute atomic E-state index is 13.6. The molecule has 0 aliphatic rings. The summed E-state index contributed by atoms with van der Waals surface area (Å²) in [6, 6.07) is 3.70. The van der Waals surface area contributed by atoms with Crippen LogP contribution in [0.1, 0.15) is 66.4 Å². The van der Waals surface area contributed by atoms with Gasteiger partial charge < -0.3 is 9.47 Å². The first kappa shape index (κ1) is 23.1. The van der Waals surface area contributed by atoms with E-state index < -0.39 is 41.2 Å². The molecule has 0 spiro atoms. The second-order valence-corrected chi connectivity index (χ2v) is 8.28. The standard InChI is InChI=1S/C21H30F2O4/c1-12(2)19(15-8-9-16(22)17(23)11-15)14(4)26-20(25)13(3)10-18(24)27-21(5,6)7/h8-9,11-14,19H,10H2,1-7H3/t13-,14+,19-/m1/s1. The third-order valence-electron chi connectivity index (χ3n) is 4.15. The van der Waals surface area contributed by atoms with Crippen LogP contribution in [0.15, 0.2) is 18.2 Å². The fourth-order valence-electron chi connectivity index (χ4n) is 3.01. The highest BCUT2D eigenvalue weighted by atomic mass is 19.2. The monoisotopic (exact) mass is 384 g/mol. The van der Waals surface area contributed by atoms with Crippen molar-refractivity contribution >= 4 is 11.9 Å². The van der Waals surface area contributed by atoms with Crippen LogP contribution in [0.4, 0.5) is 8.78 Å². The molecule has 0 aromatic heterocycles. The highest BCUT2D eigenvalue weighted by Crippen LogP contribution is 2.31. The molecular formula is C21H30F2O4. The number of hydrogen-bond acceptors (Lipinski definition) is 4. The molecule has 0 fully saturated rings. The maximum Gasteiger partial charge on any atom is 0.309 e. The summed E-state index contributed by atoms with van der Waals surface area (Å²) in [6.45, 7) is 12.4. The minimum Gasteiger partial charge on any atom is -0.462 e. The molecule has 3 atom stereocenters. The number of ether oxygens (including phenoxy) is 2. The lowest BCUT2D eigenvalue weighted by molar-refractivity contribution is -0.163. The van der Waals surface area contributed by atoms with Crippen molar-refractivity contribution in [1.29, 1.82) is 0 Å². The summed E-state index contributed by atoms with van der Waals surface area (Å²) < 4.78 is 37.6. The fourth-order valence-corrected chi connectivity index (χ4v) is 3.01. The number of carbonyl (C=O) groups excluding carboxylic acids is 2. The molecule has 0 amide bonds. The average molecular weight is 384 g/mol. The third kappa shape index (κ3) is 7.27. The van der Waals surface area contributed by atoms with Crippen LogP contribution in [0, 0.1) is 23.5 Å². The average Bonchev–Trinajstić information content (AvgIpc) is 2.48. The molecular weight excluding hydrogens is 354 g/mol. The molecule has 152 valence electrons. The zero-order chi connectivity index (χ0) is 20.9. The van der Waals surface area contributed by atoms with Gasteiger partial charge in [0.2, 0.25) is 0 Å². The van der Waals surface area contributed by atoms with Crippen LogP contribution in [0.2, 0.25) is 0 Å². The summed E-state index contributed by atoms with van der Waals surface area (Å²) in [4.78, 5) is 24.3. The van der Waals surface area contributed by atoms with E-state index in [1.165, 1.54) is 6.07 Å². The first-order valence-corrected chi connectivity index (χ1v) is 9.19. The van der Waals surface area contributed by atoms with Gasteiger partial charge in [0, 0.05) is 5.92 Å². The summed E-state index contributed by atoms with van der Waals surface area (Å²) >= 11 is 0. The lowest BCUT2D eigenvalue weighted by Gasteiger charge is -2.29. The Balaban J connectivity index is 2.80. The van der Waals surface area contributed by atoms with Gasteiger partial charge in [-0.15, -0.1) is 0 Å². The Bertz CT molecular complexity index is 665. The van der Waals surface area contributed by atoms with Gasteiger partial charge in [-0.05, 0) is 51.3 Å². The van der Waals surface area contributed by atoms with Crippen LogP contribution >= 0.6 is 0 Å². The van der Waals surface area contributed by atoms with Crippen molar-refractivity contribution in [3.05, 3.63) is 35.4 Å². The van der Waals surface area contributed by atoms with E-state index >= 15 is 0 Å². The van der Waals surface area contributed by atoms with Crippen molar-refractivity contribution in [3.8, 4) is 0 Å². The van der Waals surface area contributed by atoms with Crippen molar-refractivity contribution < 1.29 is 27.8 Å². The molecule has 4 nitrogen and oxygen atoms in total. The topological polar surface area (TPSA) is 52.6 Å². The number of carbonyl (C=O) groups is 2. The summed E-state index contributed by atoms with van der Waals surface area (Å²) in [7, 11) is 0. The van der Waals surface area contributed by atoms with E-state index in [1.807, 2.05) is 13.8 Å². The quantitative estimate of drug-likeness (QED) is 0.621. The van der Waals surface area contributed by atoms with Gasteiger partial charge in [-0.25, -0.2) is 8.78 Å². The molecule has 0 saturated carbocycles. The molecule has 6 heteroatoms. The van der Waals surface area contributed by atoms with Gasteiger partial charge >= 0.3 is 11.9 Å². The third-order valence-corrected chi connectivity index (χ3v) is 4.15. The molecule has 1 aromatic rings. The molecule has 0 aliphatic carbocycles. The molecule has 0 aliphatic heterocycles. The van der Waals surface area contributed by atoms with Crippen LogP contribution in [-0.2, 0) is 19.1 Å². The van der Waals surface area contributed by atoms with Gasteiger partial charge in [0.25, 0.3) is 0 Å². The first-order chi connectivity index (χ1) is 12.3. The summed E-state index contributed by atoms with van der Waals surface area (Å²) in [5.41, 5.74) is -0.0624. The van der Waals surface area contributed by atoms with Gasteiger partial charge in [0.05, 0.1) is 12.3 Å². The minimum atomic E-state index is -0.935. The van der Waals surface area contributed by atoms with Gasteiger partial charge in [-0.1, -0.05) is 26.8 Å². The van der Waals surface area contributed by atoms with Crippen LogP contribution in [0.3, 0.4) is 0 Å². The van der Waals surface area contributed by atoms with Crippen LogP contribution < -0.4 is 0 Å². The van der Waals surface area contributed by atoms with E-state index in [4.69, 9.17) is 9.47 Å². The van der Waals surface area contributed by atoms with Crippen molar-refractivity contribution in [2.45, 2.75) is 72.5 Å². The van der Waals surface area contributed by atoms with Crippen LogP contribution in [0.5, 0.6) is 0 Å². The Labute approximate surface area is 160 Å². The predicted octanol–water partition coefficient (Wildman–Crippen LogP) is 5.00. The molecule has 1 aromatic carbocycles. The van der Waals surface area contributed by atoms with E-state index in [0.717, 1.165) is 12.1 Å². The number of rotatable bonds is 7. The molecule has 0 unspecified atom stereocenters. The zero-order valence-electron chi connectivity index (χ0n) is 17.1.